The molecule has 0 spiro atoms. The highest BCUT2D eigenvalue weighted by Gasteiger charge is 2.10. The number of rotatable bonds is 6. The monoisotopic (exact) mass is 341 g/mol. The van der Waals surface area contributed by atoms with E-state index in [-0.39, 0.29) is 18.4 Å². The minimum atomic E-state index is -0.242. The maximum Gasteiger partial charge on any atom is 0.314 e. The van der Waals surface area contributed by atoms with Crippen LogP contribution in [-0.4, -0.2) is 37.0 Å². The van der Waals surface area contributed by atoms with Gasteiger partial charge in [0.2, 0.25) is 5.91 Å². The lowest BCUT2D eigenvalue weighted by Gasteiger charge is -2.18. The first-order chi connectivity index (χ1) is 9.54. The fourth-order valence-electron chi connectivity index (χ4n) is 1.67. The molecular formula is C14H20BrN3O2. The number of urea groups is 1. The Morgan fingerprint density at radius 3 is 2.60 bits per heavy atom. The molecule has 5 nitrogen and oxygen atoms in total. The molecule has 3 amide bonds. The number of hydrogen-bond donors (Lipinski definition) is 2. The van der Waals surface area contributed by atoms with E-state index >= 15 is 0 Å². The van der Waals surface area contributed by atoms with Crippen LogP contribution in [0.25, 0.3) is 0 Å². The van der Waals surface area contributed by atoms with Crippen LogP contribution in [0.1, 0.15) is 18.9 Å². The molecule has 0 unspecified atom stereocenters. The lowest BCUT2D eigenvalue weighted by atomic mass is 10.2. The highest BCUT2D eigenvalue weighted by molar-refractivity contribution is 9.10. The van der Waals surface area contributed by atoms with Crippen LogP contribution in [-0.2, 0) is 11.3 Å². The quantitative estimate of drug-likeness (QED) is 0.832. The minimum absolute atomic E-state index is 0.00227. The number of nitrogens with one attached hydrogen (secondary N) is 2. The van der Waals surface area contributed by atoms with E-state index in [0.717, 1.165) is 10.0 Å². The first-order valence-electron chi connectivity index (χ1n) is 6.53. The van der Waals surface area contributed by atoms with Gasteiger partial charge in [-0.15, -0.1) is 0 Å². The zero-order valence-electron chi connectivity index (χ0n) is 11.8. The number of amides is 3. The van der Waals surface area contributed by atoms with Crippen molar-refractivity contribution in [3.63, 3.8) is 0 Å². The van der Waals surface area contributed by atoms with Gasteiger partial charge in [0.1, 0.15) is 0 Å². The molecule has 1 aromatic carbocycles. The molecule has 1 aromatic rings. The van der Waals surface area contributed by atoms with E-state index in [9.17, 15) is 9.59 Å². The minimum Gasteiger partial charge on any atom is -0.341 e. The molecule has 0 saturated carbocycles. The third-order valence-electron chi connectivity index (χ3n) is 2.75. The predicted molar refractivity (Wildman–Crippen MR) is 82.3 cm³/mol. The maximum absolute atomic E-state index is 11.9. The van der Waals surface area contributed by atoms with E-state index in [1.165, 1.54) is 0 Å². The number of nitrogens with zero attached hydrogens (tertiary/aromatic N) is 1. The lowest BCUT2D eigenvalue weighted by Crippen LogP contribution is -2.37. The molecule has 0 atom stereocenters. The molecular weight excluding hydrogens is 322 g/mol. The second kappa shape index (κ2) is 8.58. The number of halogens is 1. The van der Waals surface area contributed by atoms with Crippen LogP contribution in [0.5, 0.6) is 0 Å². The smallest absolute Gasteiger partial charge is 0.314 e. The lowest BCUT2D eigenvalue weighted by molar-refractivity contribution is -0.130. The Hall–Kier alpha value is -1.56. The van der Waals surface area contributed by atoms with Gasteiger partial charge in [0, 0.05) is 37.6 Å². The topological polar surface area (TPSA) is 61.4 Å². The van der Waals surface area contributed by atoms with Gasteiger partial charge in [0.25, 0.3) is 0 Å². The fourth-order valence-corrected chi connectivity index (χ4v) is 2.08. The third-order valence-corrected chi connectivity index (χ3v) is 3.53. The fraction of sp³-hybridized carbons (Fsp3) is 0.429. The predicted octanol–water partition coefficient (Wildman–Crippen LogP) is 2.12. The Kier molecular flexibility index (Phi) is 7.08. The van der Waals surface area contributed by atoms with Crippen molar-refractivity contribution in [1.29, 1.82) is 0 Å². The first-order valence-corrected chi connectivity index (χ1v) is 7.33. The van der Waals surface area contributed by atoms with Crippen LogP contribution in [0.2, 0.25) is 0 Å². The molecule has 110 valence electrons. The van der Waals surface area contributed by atoms with Crippen molar-refractivity contribution in [2.45, 2.75) is 19.9 Å². The van der Waals surface area contributed by atoms with Crippen LogP contribution < -0.4 is 10.6 Å². The van der Waals surface area contributed by atoms with Gasteiger partial charge in [-0.25, -0.2) is 4.79 Å². The van der Waals surface area contributed by atoms with Gasteiger partial charge in [-0.1, -0.05) is 34.1 Å². The van der Waals surface area contributed by atoms with Crippen LogP contribution in [0, 0.1) is 0 Å². The third kappa shape index (κ3) is 5.61. The molecule has 1 rings (SSSR count). The zero-order chi connectivity index (χ0) is 15.0. The number of hydrogen-bond acceptors (Lipinski definition) is 2. The summed E-state index contributed by atoms with van der Waals surface area (Å²) in [6.45, 7) is 3.30. The molecule has 0 aliphatic heterocycles. The summed E-state index contributed by atoms with van der Waals surface area (Å²) >= 11 is 3.46. The highest BCUT2D eigenvalue weighted by atomic mass is 79.9. The van der Waals surface area contributed by atoms with Gasteiger partial charge in [-0.2, -0.15) is 0 Å². The van der Waals surface area contributed by atoms with Gasteiger partial charge >= 0.3 is 6.03 Å². The molecule has 0 heterocycles. The Bertz CT molecular complexity index is 465. The van der Waals surface area contributed by atoms with Crippen molar-refractivity contribution in [3.05, 3.63) is 34.3 Å². The van der Waals surface area contributed by atoms with E-state index < -0.39 is 0 Å². The van der Waals surface area contributed by atoms with E-state index in [1.807, 2.05) is 31.2 Å². The molecule has 0 aliphatic carbocycles. The SMILES string of the molecule is CCNC(=O)NCCC(=O)N(C)Cc1ccccc1Br. The van der Waals surface area contributed by atoms with Gasteiger partial charge in [0.05, 0.1) is 0 Å². The number of carbonyl (C=O) groups excluding carboxylic acids is 2. The van der Waals surface area contributed by atoms with Crippen LogP contribution >= 0.6 is 15.9 Å². The molecule has 6 heteroatoms. The molecule has 2 N–H and O–H groups in total. The summed E-state index contributed by atoms with van der Waals surface area (Å²) in [5, 5.41) is 5.25. The summed E-state index contributed by atoms with van der Waals surface area (Å²) in [4.78, 5) is 24.8. The van der Waals surface area contributed by atoms with Crippen molar-refractivity contribution >= 4 is 27.9 Å². The van der Waals surface area contributed by atoms with E-state index in [4.69, 9.17) is 0 Å². The first kappa shape index (κ1) is 16.5. The average molecular weight is 342 g/mol. The summed E-state index contributed by atoms with van der Waals surface area (Å²) in [6, 6.07) is 7.56. The zero-order valence-corrected chi connectivity index (χ0v) is 13.4. The van der Waals surface area contributed by atoms with E-state index in [1.54, 1.807) is 11.9 Å². The van der Waals surface area contributed by atoms with Crippen LogP contribution in [0.4, 0.5) is 4.79 Å². The normalized spacial score (nSPS) is 9.95. The molecule has 0 aromatic heterocycles. The molecule has 0 aliphatic rings. The molecule has 0 fully saturated rings. The Labute approximate surface area is 127 Å². The summed E-state index contributed by atoms with van der Waals surface area (Å²) in [5.41, 5.74) is 1.06. The van der Waals surface area contributed by atoms with Crippen molar-refractivity contribution < 1.29 is 9.59 Å². The number of benzene rings is 1. The van der Waals surface area contributed by atoms with Crippen molar-refractivity contribution in [1.82, 2.24) is 15.5 Å². The Morgan fingerprint density at radius 1 is 1.25 bits per heavy atom. The number of carbonyl (C=O) groups is 2. The Balaban J connectivity index is 2.36. The highest BCUT2D eigenvalue weighted by Crippen LogP contribution is 2.17. The van der Waals surface area contributed by atoms with Gasteiger partial charge in [-0.05, 0) is 18.6 Å². The summed E-state index contributed by atoms with van der Waals surface area (Å²) in [6.07, 6.45) is 0.290. The maximum atomic E-state index is 11.9. The largest absolute Gasteiger partial charge is 0.341 e. The molecule has 0 radical (unpaired) electrons. The second-order valence-corrected chi connectivity index (χ2v) is 5.23. The van der Waals surface area contributed by atoms with E-state index in [0.29, 0.717) is 19.6 Å². The average Bonchev–Trinajstić information content (AvgIpc) is 2.41. The van der Waals surface area contributed by atoms with Crippen LogP contribution in [0.3, 0.4) is 0 Å². The van der Waals surface area contributed by atoms with Gasteiger partial charge in [0.15, 0.2) is 0 Å². The standard InChI is InChI=1S/C14H20BrN3O2/c1-3-16-14(20)17-9-8-13(19)18(2)10-11-6-4-5-7-12(11)15/h4-7H,3,8-10H2,1-2H3,(H2,16,17,20). The molecule has 20 heavy (non-hydrogen) atoms. The Morgan fingerprint density at radius 2 is 1.95 bits per heavy atom. The molecule has 0 saturated heterocycles. The van der Waals surface area contributed by atoms with E-state index in [2.05, 4.69) is 26.6 Å². The van der Waals surface area contributed by atoms with Gasteiger partial charge in [-0.3, -0.25) is 4.79 Å². The summed E-state index contributed by atoms with van der Waals surface area (Å²) < 4.78 is 0.986. The summed E-state index contributed by atoms with van der Waals surface area (Å²) in [5.74, 6) is -0.00227. The van der Waals surface area contributed by atoms with Crippen molar-refractivity contribution in [3.8, 4) is 0 Å². The van der Waals surface area contributed by atoms with Crippen molar-refractivity contribution in [2.24, 2.45) is 0 Å². The molecule has 0 bridgehead atoms. The van der Waals surface area contributed by atoms with Crippen molar-refractivity contribution in [2.75, 3.05) is 20.1 Å². The van der Waals surface area contributed by atoms with Crippen LogP contribution in [0.15, 0.2) is 28.7 Å². The van der Waals surface area contributed by atoms with Gasteiger partial charge < -0.3 is 15.5 Å². The second-order valence-electron chi connectivity index (χ2n) is 4.38. The summed E-state index contributed by atoms with van der Waals surface area (Å²) in [7, 11) is 1.76.